The first-order valence-corrected chi connectivity index (χ1v) is 9.16. The summed E-state index contributed by atoms with van der Waals surface area (Å²) in [5, 5.41) is 1.15. The van der Waals surface area contributed by atoms with Crippen LogP contribution >= 0.6 is 15.9 Å². The van der Waals surface area contributed by atoms with Gasteiger partial charge in [-0.2, -0.15) is 0 Å². The summed E-state index contributed by atoms with van der Waals surface area (Å²) in [5.41, 5.74) is 2.76. The van der Waals surface area contributed by atoms with Crippen LogP contribution in [-0.2, 0) is 4.74 Å². The number of ether oxygens (including phenoxy) is 1. The van der Waals surface area contributed by atoms with Crippen LogP contribution in [0.3, 0.4) is 0 Å². The number of carbonyl (C=O) groups is 1. The van der Waals surface area contributed by atoms with Gasteiger partial charge in [0.05, 0.1) is 4.60 Å². The number of rotatable bonds is 1. The van der Waals surface area contributed by atoms with Crippen LogP contribution < -0.4 is 0 Å². The highest BCUT2D eigenvalue weighted by Gasteiger charge is 2.28. The molecular formula is C18H24BrN3O2. The molecule has 2 aromatic rings. The van der Waals surface area contributed by atoms with E-state index >= 15 is 0 Å². The van der Waals surface area contributed by atoms with Crippen LogP contribution in [0.25, 0.3) is 11.0 Å². The zero-order valence-corrected chi connectivity index (χ0v) is 16.2. The van der Waals surface area contributed by atoms with Crippen molar-refractivity contribution in [1.82, 2.24) is 14.9 Å². The first-order chi connectivity index (χ1) is 11.2. The van der Waals surface area contributed by atoms with E-state index in [2.05, 4.69) is 40.0 Å². The summed E-state index contributed by atoms with van der Waals surface area (Å²) >= 11 is 3.52. The minimum atomic E-state index is -0.445. The molecule has 0 spiro atoms. The number of aryl methyl sites for hydroxylation is 1. The van der Waals surface area contributed by atoms with Crippen LogP contribution in [0, 0.1) is 6.92 Å². The van der Waals surface area contributed by atoms with Crippen molar-refractivity contribution in [2.75, 3.05) is 13.1 Å². The topological polar surface area (TPSA) is 58.2 Å². The Kier molecular flexibility index (Phi) is 4.60. The lowest BCUT2D eigenvalue weighted by Gasteiger charge is -2.33. The first kappa shape index (κ1) is 17.3. The molecule has 0 bridgehead atoms. The number of aromatic nitrogens is 2. The third-order valence-electron chi connectivity index (χ3n) is 4.44. The second kappa shape index (κ2) is 6.39. The van der Waals surface area contributed by atoms with E-state index in [4.69, 9.17) is 9.72 Å². The van der Waals surface area contributed by atoms with Crippen molar-refractivity contribution in [3.8, 4) is 0 Å². The van der Waals surface area contributed by atoms with Crippen molar-refractivity contribution in [3.05, 3.63) is 28.0 Å². The number of H-pyrrole nitrogens is 1. The molecule has 1 N–H and O–H groups in total. The number of carbonyl (C=O) groups excluding carboxylic acids is 1. The molecule has 1 aliphatic heterocycles. The van der Waals surface area contributed by atoms with Gasteiger partial charge in [0.25, 0.3) is 0 Å². The molecule has 6 heteroatoms. The van der Waals surface area contributed by atoms with Gasteiger partial charge in [-0.05, 0) is 74.2 Å². The van der Waals surface area contributed by atoms with E-state index in [-0.39, 0.29) is 6.09 Å². The number of hydrogen-bond donors (Lipinski definition) is 1. The van der Waals surface area contributed by atoms with E-state index in [1.54, 1.807) is 4.90 Å². The Morgan fingerprint density at radius 3 is 2.62 bits per heavy atom. The fourth-order valence-corrected chi connectivity index (χ4v) is 3.50. The zero-order chi connectivity index (χ0) is 17.5. The van der Waals surface area contributed by atoms with Crippen molar-refractivity contribution in [2.24, 2.45) is 0 Å². The number of nitrogens with one attached hydrogen (secondary N) is 1. The second-order valence-electron chi connectivity index (χ2n) is 7.44. The lowest BCUT2D eigenvalue weighted by atomic mass is 9.93. The predicted octanol–water partition coefficient (Wildman–Crippen LogP) is 4.75. The van der Waals surface area contributed by atoms with E-state index in [1.807, 2.05) is 20.8 Å². The molecule has 2 aromatic heterocycles. The van der Waals surface area contributed by atoms with Crippen LogP contribution in [0.2, 0.25) is 0 Å². The molecule has 3 heterocycles. The van der Waals surface area contributed by atoms with E-state index in [9.17, 15) is 4.79 Å². The summed E-state index contributed by atoms with van der Waals surface area (Å²) in [7, 11) is 0. The monoisotopic (exact) mass is 393 g/mol. The van der Waals surface area contributed by atoms with Crippen molar-refractivity contribution in [3.63, 3.8) is 0 Å². The molecule has 0 unspecified atom stereocenters. The number of hydrogen-bond acceptors (Lipinski definition) is 3. The average Bonchev–Trinajstić information content (AvgIpc) is 2.80. The van der Waals surface area contributed by atoms with Gasteiger partial charge in [-0.15, -0.1) is 0 Å². The van der Waals surface area contributed by atoms with Crippen LogP contribution in [-0.4, -0.2) is 39.7 Å². The van der Waals surface area contributed by atoms with Crippen molar-refractivity contribution in [2.45, 2.75) is 52.1 Å². The quantitative estimate of drug-likeness (QED) is 0.760. The zero-order valence-electron chi connectivity index (χ0n) is 14.6. The van der Waals surface area contributed by atoms with Crippen molar-refractivity contribution < 1.29 is 9.53 Å². The van der Waals surface area contributed by atoms with Gasteiger partial charge in [0.15, 0.2) is 0 Å². The summed E-state index contributed by atoms with van der Waals surface area (Å²) in [5.74, 6) is 0.385. The number of fused-ring (bicyclic) bond motifs is 1. The van der Waals surface area contributed by atoms with E-state index in [0.29, 0.717) is 19.0 Å². The van der Waals surface area contributed by atoms with Gasteiger partial charge in [0, 0.05) is 30.1 Å². The number of likely N-dealkylation sites (tertiary alicyclic amines) is 1. The predicted molar refractivity (Wildman–Crippen MR) is 98.3 cm³/mol. The van der Waals surface area contributed by atoms with Gasteiger partial charge in [-0.3, -0.25) is 0 Å². The molecule has 0 radical (unpaired) electrons. The van der Waals surface area contributed by atoms with Gasteiger partial charge < -0.3 is 14.6 Å². The van der Waals surface area contributed by atoms with Gasteiger partial charge in [0.1, 0.15) is 11.2 Å². The van der Waals surface area contributed by atoms with Crippen molar-refractivity contribution >= 4 is 33.1 Å². The molecule has 1 fully saturated rings. The number of halogens is 1. The highest BCUT2D eigenvalue weighted by molar-refractivity contribution is 9.10. The molecule has 0 saturated carbocycles. The van der Waals surface area contributed by atoms with Crippen molar-refractivity contribution in [1.29, 1.82) is 0 Å². The molecule has 0 aromatic carbocycles. The highest BCUT2D eigenvalue weighted by Crippen LogP contribution is 2.31. The summed E-state index contributed by atoms with van der Waals surface area (Å²) in [6.45, 7) is 9.19. The third kappa shape index (κ3) is 3.58. The highest BCUT2D eigenvalue weighted by atomic mass is 79.9. The molecule has 1 amide bonds. The largest absolute Gasteiger partial charge is 0.444 e. The Bertz CT molecular complexity index is 755. The van der Waals surface area contributed by atoms with Crippen LogP contribution in [0.4, 0.5) is 4.79 Å². The van der Waals surface area contributed by atoms with Gasteiger partial charge in [0.2, 0.25) is 0 Å². The fraction of sp³-hybridized carbons (Fsp3) is 0.556. The van der Waals surface area contributed by atoms with Gasteiger partial charge >= 0.3 is 6.09 Å². The smallest absolute Gasteiger partial charge is 0.410 e. The Labute approximate surface area is 150 Å². The summed E-state index contributed by atoms with van der Waals surface area (Å²) in [6.07, 6.45) is 1.62. The molecule has 130 valence electrons. The number of nitrogens with zero attached hydrogens (tertiary/aromatic N) is 2. The van der Waals surface area contributed by atoms with Gasteiger partial charge in [-0.25, -0.2) is 9.78 Å². The third-order valence-corrected chi connectivity index (χ3v) is 5.24. The standard InChI is InChI=1S/C18H24BrN3O2/c1-11-13-5-6-14(20-16(13)21-15(11)19)12-7-9-22(10-8-12)17(23)24-18(2,3)4/h5-6,12H,7-10H2,1-4H3,(H,20,21). The lowest BCUT2D eigenvalue weighted by molar-refractivity contribution is 0.0204. The lowest BCUT2D eigenvalue weighted by Crippen LogP contribution is -2.41. The molecule has 24 heavy (non-hydrogen) atoms. The minimum absolute atomic E-state index is 0.215. The second-order valence-corrected chi connectivity index (χ2v) is 8.23. The van der Waals surface area contributed by atoms with E-state index < -0.39 is 5.60 Å². The molecular weight excluding hydrogens is 370 g/mol. The SMILES string of the molecule is Cc1c(Br)[nH]c2nc(C3CCN(C(=O)OC(C)(C)C)CC3)ccc12. The Hall–Kier alpha value is -1.56. The van der Waals surface area contributed by atoms with Crippen LogP contribution in [0.1, 0.15) is 50.8 Å². The summed E-state index contributed by atoms with van der Waals surface area (Å²) in [6, 6.07) is 4.25. The molecule has 1 aliphatic rings. The summed E-state index contributed by atoms with van der Waals surface area (Å²) < 4.78 is 6.44. The number of aromatic amines is 1. The first-order valence-electron chi connectivity index (χ1n) is 8.37. The number of amides is 1. The van der Waals surface area contributed by atoms with E-state index in [0.717, 1.165) is 34.2 Å². The normalized spacial score (nSPS) is 16.6. The van der Waals surface area contributed by atoms with Crippen LogP contribution in [0.15, 0.2) is 16.7 Å². The molecule has 5 nitrogen and oxygen atoms in total. The summed E-state index contributed by atoms with van der Waals surface area (Å²) in [4.78, 5) is 22.0. The maximum absolute atomic E-state index is 12.1. The Morgan fingerprint density at radius 2 is 2.00 bits per heavy atom. The number of piperidine rings is 1. The molecule has 1 saturated heterocycles. The van der Waals surface area contributed by atoms with E-state index in [1.165, 1.54) is 5.56 Å². The molecule has 0 aliphatic carbocycles. The fourth-order valence-electron chi connectivity index (χ4n) is 3.10. The maximum atomic E-state index is 12.1. The van der Waals surface area contributed by atoms with Gasteiger partial charge in [-0.1, -0.05) is 0 Å². The minimum Gasteiger partial charge on any atom is -0.444 e. The average molecular weight is 394 g/mol. The Balaban J connectivity index is 1.67. The Morgan fingerprint density at radius 1 is 1.33 bits per heavy atom. The molecule has 0 atom stereocenters. The number of pyridine rings is 1. The van der Waals surface area contributed by atoms with Crippen LogP contribution in [0.5, 0.6) is 0 Å². The molecule has 3 rings (SSSR count). The maximum Gasteiger partial charge on any atom is 0.410 e.